The number of benzene rings is 2. The zero-order chi connectivity index (χ0) is 21.0. The number of anilines is 1. The van der Waals surface area contributed by atoms with Gasteiger partial charge < -0.3 is 8.94 Å². The fourth-order valence-electron chi connectivity index (χ4n) is 4.00. The van der Waals surface area contributed by atoms with Crippen molar-refractivity contribution in [2.45, 2.75) is 32.7 Å². The Labute approximate surface area is 172 Å². The van der Waals surface area contributed by atoms with Gasteiger partial charge in [0.05, 0.1) is 17.0 Å². The van der Waals surface area contributed by atoms with Crippen LogP contribution in [0, 0.1) is 6.92 Å². The number of carbonyl (C=O) groups excluding carboxylic acids is 1. The lowest BCUT2D eigenvalue weighted by molar-refractivity contribution is 0.0969. The van der Waals surface area contributed by atoms with Gasteiger partial charge >= 0.3 is 0 Å². The highest BCUT2D eigenvalue weighted by molar-refractivity contribution is 6.10. The fraction of sp³-hybridized carbons (Fsp3) is 0.208. The van der Waals surface area contributed by atoms with E-state index in [2.05, 4.69) is 19.0 Å². The number of rotatable bonds is 3. The quantitative estimate of drug-likeness (QED) is 0.486. The molecule has 0 saturated carbocycles. The molecule has 3 heterocycles. The van der Waals surface area contributed by atoms with E-state index in [9.17, 15) is 9.59 Å². The molecule has 0 fully saturated rings. The van der Waals surface area contributed by atoms with E-state index < -0.39 is 11.9 Å². The van der Waals surface area contributed by atoms with Crippen molar-refractivity contribution in [1.29, 1.82) is 0 Å². The molecule has 1 atom stereocenters. The predicted octanol–water partition coefficient (Wildman–Crippen LogP) is 4.96. The molecule has 150 valence electrons. The Morgan fingerprint density at radius 3 is 2.43 bits per heavy atom. The second kappa shape index (κ2) is 6.69. The minimum absolute atomic E-state index is 0.0530. The summed E-state index contributed by atoms with van der Waals surface area (Å²) in [6.07, 6.45) is 0. The van der Waals surface area contributed by atoms with Crippen LogP contribution in [0.25, 0.3) is 11.0 Å². The molecule has 30 heavy (non-hydrogen) atoms. The molecule has 0 N–H and O–H groups in total. The van der Waals surface area contributed by atoms with Crippen LogP contribution in [0.1, 0.15) is 58.8 Å². The van der Waals surface area contributed by atoms with Crippen LogP contribution in [0.15, 0.2) is 68.3 Å². The Morgan fingerprint density at radius 2 is 1.77 bits per heavy atom. The Balaban J connectivity index is 1.77. The van der Waals surface area contributed by atoms with E-state index in [1.165, 1.54) is 10.5 Å². The summed E-state index contributed by atoms with van der Waals surface area (Å²) in [6, 6.07) is 16.0. The molecule has 1 amide bonds. The highest BCUT2D eigenvalue weighted by atomic mass is 16.5. The summed E-state index contributed by atoms with van der Waals surface area (Å²) < 4.78 is 11.1. The summed E-state index contributed by atoms with van der Waals surface area (Å²) in [5, 5.41) is 4.49. The van der Waals surface area contributed by atoms with Gasteiger partial charge in [0.2, 0.25) is 5.76 Å². The molecule has 0 unspecified atom stereocenters. The number of carbonyl (C=O) groups is 1. The maximum absolute atomic E-state index is 13.4. The second-order valence-electron chi connectivity index (χ2n) is 7.86. The van der Waals surface area contributed by atoms with Gasteiger partial charge in [0.25, 0.3) is 5.91 Å². The fourth-order valence-corrected chi connectivity index (χ4v) is 4.00. The lowest BCUT2D eigenvalue weighted by atomic mass is 9.95. The van der Waals surface area contributed by atoms with Crippen LogP contribution >= 0.6 is 0 Å². The van der Waals surface area contributed by atoms with Gasteiger partial charge in [-0.3, -0.25) is 14.5 Å². The molecular formula is C24H20N2O4. The molecule has 2 aromatic heterocycles. The molecule has 1 aliphatic rings. The van der Waals surface area contributed by atoms with E-state index in [1.807, 2.05) is 24.3 Å². The van der Waals surface area contributed by atoms with Gasteiger partial charge in [0, 0.05) is 6.07 Å². The zero-order valence-electron chi connectivity index (χ0n) is 16.9. The number of hydrogen-bond acceptors (Lipinski definition) is 5. The lowest BCUT2D eigenvalue weighted by Gasteiger charge is -2.22. The van der Waals surface area contributed by atoms with Crippen molar-refractivity contribution in [2.24, 2.45) is 0 Å². The first-order valence-corrected chi connectivity index (χ1v) is 9.88. The summed E-state index contributed by atoms with van der Waals surface area (Å²) >= 11 is 0. The second-order valence-corrected chi connectivity index (χ2v) is 7.86. The highest BCUT2D eigenvalue weighted by Crippen LogP contribution is 2.41. The number of para-hydroxylation sites is 1. The summed E-state index contributed by atoms with van der Waals surface area (Å²) in [5.41, 5.74) is 2.51. The van der Waals surface area contributed by atoms with Crippen LogP contribution in [0.2, 0.25) is 0 Å². The Morgan fingerprint density at radius 1 is 1.03 bits per heavy atom. The van der Waals surface area contributed by atoms with Crippen molar-refractivity contribution >= 4 is 22.7 Å². The van der Waals surface area contributed by atoms with E-state index >= 15 is 0 Å². The van der Waals surface area contributed by atoms with E-state index in [4.69, 9.17) is 8.94 Å². The molecule has 4 aromatic rings. The zero-order valence-corrected chi connectivity index (χ0v) is 16.9. The molecule has 1 aliphatic heterocycles. The van der Waals surface area contributed by atoms with Gasteiger partial charge in [-0.1, -0.05) is 55.4 Å². The van der Waals surface area contributed by atoms with Crippen LogP contribution in [-0.2, 0) is 0 Å². The van der Waals surface area contributed by atoms with Crippen molar-refractivity contribution in [3.05, 3.63) is 93.0 Å². The van der Waals surface area contributed by atoms with E-state index in [1.54, 1.807) is 37.3 Å². The summed E-state index contributed by atoms with van der Waals surface area (Å²) in [6.45, 7) is 6.00. The van der Waals surface area contributed by atoms with Crippen LogP contribution in [0.3, 0.4) is 0 Å². The lowest BCUT2D eigenvalue weighted by Crippen LogP contribution is -2.29. The number of amides is 1. The molecule has 5 rings (SSSR count). The van der Waals surface area contributed by atoms with Crippen molar-refractivity contribution in [2.75, 3.05) is 4.90 Å². The monoisotopic (exact) mass is 400 g/mol. The van der Waals surface area contributed by atoms with Crippen molar-refractivity contribution in [3.8, 4) is 0 Å². The van der Waals surface area contributed by atoms with Crippen molar-refractivity contribution in [1.82, 2.24) is 5.16 Å². The van der Waals surface area contributed by atoms with Gasteiger partial charge in [-0.2, -0.15) is 0 Å². The van der Waals surface area contributed by atoms with Gasteiger partial charge in [-0.25, -0.2) is 0 Å². The van der Waals surface area contributed by atoms with Crippen LogP contribution in [-0.4, -0.2) is 11.1 Å². The van der Waals surface area contributed by atoms with Crippen LogP contribution in [0.5, 0.6) is 0 Å². The SMILES string of the molecule is Cc1cc(N2C(=O)c3oc4ccccc4c(=O)c3[C@@H]2c2ccc(C(C)C)cc2)no1. The number of aryl methyl sites for hydroxylation is 1. The molecule has 0 saturated heterocycles. The van der Waals surface area contributed by atoms with Crippen LogP contribution < -0.4 is 10.3 Å². The average Bonchev–Trinajstić information content (AvgIpc) is 3.29. The average molecular weight is 400 g/mol. The smallest absolute Gasteiger partial charge is 0.296 e. The third kappa shape index (κ3) is 2.68. The normalized spacial score (nSPS) is 15.9. The number of fused-ring (bicyclic) bond motifs is 2. The maximum Gasteiger partial charge on any atom is 0.296 e. The molecule has 0 bridgehead atoms. The molecular weight excluding hydrogens is 380 g/mol. The third-order valence-electron chi connectivity index (χ3n) is 5.56. The van der Waals surface area contributed by atoms with Gasteiger partial charge in [0.1, 0.15) is 11.3 Å². The number of hydrogen-bond donors (Lipinski definition) is 0. The molecule has 0 spiro atoms. The molecule has 2 aromatic carbocycles. The Bertz CT molecular complexity index is 1330. The highest BCUT2D eigenvalue weighted by Gasteiger charge is 2.44. The van der Waals surface area contributed by atoms with Gasteiger partial charge in [-0.05, 0) is 36.1 Å². The van der Waals surface area contributed by atoms with Crippen LogP contribution in [0.4, 0.5) is 5.82 Å². The topological polar surface area (TPSA) is 76.6 Å². The molecule has 6 heteroatoms. The van der Waals surface area contributed by atoms with Gasteiger partial charge in [-0.15, -0.1) is 0 Å². The van der Waals surface area contributed by atoms with Crippen molar-refractivity contribution in [3.63, 3.8) is 0 Å². The predicted molar refractivity (Wildman–Crippen MR) is 113 cm³/mol. The number of aromatic nitrogens is 1. The van der Waals surface area contributed by atoms with Gasteiger partial charge in [0.15, 0.2) is 11.2 Å². The summed E-state index contributed by atoms with van der Waals surface area (Å²) in [4.78, 5) is 28.3. The van der Waals surface area contributed by atoms with E-state index in [0.29, 0.717) is 34.0 Å². The Kier molecular flexibility index (Phi) is 4.10. The molecule has 0 radical (unpaired) electrons. The first-order valence-electron chi connectivity index (χ1n) is 9.88. The van der Waals surface area contributed by atoms with Crippen molar-refractivity contribution < 1.29 is 13.7 Å². The maximum atomic E-state index is 13.4. The summed E-state index contributed by atoms with van der Waals surface area (Å²) in [5.74, 6) is 0.952. The first kappa shape index (κ1) is 18.4. The van der Waals surface area contributed by atoms with E-state index in [0.717, 1.165) is 5.56 Å². The molecule has 0 aliphatic carbocycles. The largest absolute Gasteiger partial charge is 0.450 e. The Hall–Kier alpha value is -3.67. The summed E-state index contributed by atoms with van der Waals surface area (Å²) in [7, 11) is 0. The standard InChI is InChI=1S/C24H20N2O4/c1-13(2)15-8-10-16(11-9-15)21-20-22(27)17-6-4-5-7-18(17)29-23(20)24(28)26(21)19-12-14(3)30-25-19/h4-13,21H,1-3H3/t21-/m0/s1. The molecule has 6 nitrogen and oxygen atoms in total. The van der Waals surface area contributed by atoms with E-state index in [-0.39, 0.29) is 11.2 Å². The minimum atomic E-state index is -0.640. The minimum Gasteiger partial charge on any atom is -0.450 e. The third-order valence-corrected chi connectivity index (χ3v) is 5.56. The first-order chi connectivity index (χ1) is 14.5. The number of nitrogens with zero attached hydrogens (tertiary/aromatic N) is 2.